The Labute approximate surface area is 240 Å². The van der Waals surface area contributed by atoms with Gasteiger partial charge in [0.1, 0.15) is 6.61 Å². The maximum Gasteiger partial charge on any atom is 0.267 e. The van der Waals surface area contributed by atoms with Gasteiger partial charge in [-0.15, -0.1) is 0 Å². The second kappa shape index (κ2) is 16.0. The highest BCUT2D eigenvalue weighted by Gasteiger charge is 2.11. The highest BCUT2D eigenvalue weighted by molar-refractivity contribution is 7.43. The summed E-state index contributed by atoms with van der Waals surface area (Å²) >= 11 is 0. The van der Waals surface area contributed by atoms with Crippen molar-refractivity contribution in [3.63, 3.8) is 0 Å². The van der Waals surface area contributed by atoms with Crippen molar-refractivity contribution in [1.82, 2.24) is 34.4 Å². The Morgan fingerprint density at radius 1 is 1.05 bits per heavy atom. The van der Waals surface area contributed by atoms with Crippen molar-refractivity contribution in [2.75, 3.05) is 39.5 Å². The van der Waals surface area contributed by atoms with Gasteiger partial charge in [-0.05, 0) is 17.7 Å². The van der Waals surface area contributed by atoms with Crippen molar-refractivity contribution in [2.45, 2.75) is 6.54 Å². The third-order valence-electron chi connectivity index (χ3n) is 5.79. The number of ether oxygens (including phenoxy) is 2. The molecule has 3 aromatic heterocycles. The van der Waals surface area contributed by atoms with Crippen LogP contribution < -0.4 is 15.2 Å². The molecule has 228 valence electrons. The standard InChI is InChI=1S/C25H27N7O3.H3O4P.2H2O/c1-30-18-21(14-28-30)23-5-6-24(33)32(29-23)17-19-3-2-4-20(13-19)25-26-15-22(16-27-25)35-12-9-31-7-10-34-11-8-31;1-5(2,3)4;;/h2-6,13-16,18H,7-12,17H2,1H3;(H3,1,2,3,4);2*1H2/p-1. The van der Waals surface area contributed by atoms with E-state index in [4.69, 9.17) is 28.7 Å². The van der Waals surface area contributed by atoms with Crippen LogP contribution in [0.3, 0.4) is 0 Å². The first-order valence-corrected chi connectivity index (χ1v) is 13.8. The smallest absolute Gasteiger partial charge is 0.267 e. The topological polar surface area (TPSA) is 244 Å². The highest BCUT2D eigenvalue weighted by atomic mass is 31.2. The van der Waals surface area contributed by atoms with Crippen LogP contribution in [0.5, 0.6) is 5.75 Å². The molecule has 17 heteroatoms. The lowest BCUT2D eigenvalue weighted by Gasteiger charge is -2.26. The predicted molar refractivity (Wildman–Crippen MR) is 149 cm³/mol. The van der Waals surface area contributed by atoms with E-state index < -0.39 is 7.82 Å². The van der Waals surface area contributed by atoms with Gasteiger partial charge in [0.15, 0.2) is 11.6 Å². The first kappa shape index (κ1) is 34.3. The van der Waals surface area contributed by atoms with E-state index in [1.165, 1.54) is 10.7 Å². The van der Waals surface area contributed by atoms with Crippen LogP contribution in [0.1, 0.15) is 5.56 Å². The molecule has 0 spiro atoms. The van der Waals surface area contributed by atoms with E-state index in [1.54, 1.807) is 29.3 Å². The van der Waals surface area contributed by atoms with E-state index in [0.717, 1.165) is 49.5 Å². The van der Waals surface area contributed by atoms with Crippen molar-refractivity contribution >= 4 is 7.82 Å². The number of phosphoric acid groups is 1. The summed E-state index contributed by atoms with van der Waals surface area (Å²) in [6.07, 6.45) is 6.98. The number of aromatic nitrogens is 6. The molecular weight excluding hydrogens is 573 g/mol. The summed E-state index contributed by atoms with van der Waals surface area (Å²) in [6, 6.07) is 11.0. The van der Waals surface area contributed by atoms with Gasteiger partial charge in [-0.1, -0.05) is 18.2 Å². The monoisotopic (exact) mass is 606 g/mol. The van der Waals surface area contributed by atoms with Gasteiger partial charge in [-0.2, -0.15) is 10.2 Å². The third kappa shape index (κ3) is 10.8. The number of hydrogen-bond acceptors (Lipinski definition) is 10. The van der Waals surface area contributed by atoms with E-state index in [0.29, 0.717) is 30.4 Å². The molecule has 42 heavy (non-hydrogen) atoms. The average Bonchev–Trinajstić information content (AvgIpc) is 3.36. The van der Waals surface area contributed by atoms with Crippen molar-refractivity contribution in [2.24, 2.45) is 7.05 Å². The summed E-state index contributed by atoms with van der Waals surface area (Å²) in [7, 11) is -3.04. The van der Waals surface area contributed by atoms with Gasteiger partial charge in [-0.3, -0.25) is 18.9 Å². The molecule has 0 saturated carbocycles. The van der Waals surface area contributed by atoms with Crippen molar-refractivity contribution in [1.29, 1.82) is 0 Å². The van der Waals surface area contributed by atoms with Crippen LogP contribution >= 0.6 is 7.82 Å². The van der Waals surface area contributed by atoms with Gasteiger partial charge in [-0.25, -0.2) is 14.6 Å². The van der Waals surface area contributed by atoms with Crippen molar-refractivity contribution < 1.29 is 39.7 Å². The summed E-state index contributed by atoms with van der Waals surface area (Å²) in [6.45, 7) is 5.19. The van der Waals surface area contributed by atoms with Gasteiger partial charge in [0.2, 0.25) is 0 Å². The lowest BCUT2D eigenvalue weighted by Crippen LogP contribution is -2.38. The Balaban J connectivity index is 0.000000814. The Morgan fingerprint density at radius 2 is 1.74 bits per heavy atom. The Hall–Kier alpha value is -3.86. The van der Waals surface area contributed by atoms with Crippen LogP contribution in [0, 0.1) is 0 Å². The maximum absolute atomic E-state index is 12.4. The second-order valence-electron chi connectivity index (χ2n) is 8.85. The molecule has 0 radical (unpaired) electrons. The minimum absolute atomic E-state index is 0. The molecule has 1 saturated heterocycles. The van der Waals surface area contributed by atoms with Crippen LogP contribution in [-0.2, 0) is 22.9 Å². The van der Waals surface area contributed by atoms with Crippen LogP contribution in [0.15, 0.2) is 66.0 Å². The summed E-state index contributed by atoms with van der Waals surface area (Å²) in [5.74, 6) is 1.23. The van der Waals surface area contributed by atoms with Crippen LogP contribution in [0.2, 0.25) is 0 Å². The number of hydrogen-bond donors (Lipinski definition) is 2. The van der Waals surface area contributed by atoms with Gasteiger partial charge in [0, 0.05) is 50.1 Å². The van der Waals surface area contributed by atoms with E-state index >= 15 is 0 Å². The Morgan fingerprint density at radius 3 is 2.38 bits per heavy atom. The molecule has 0 aliphatic carbocycles. The minimum Gasteiger partial charge on any atom is -0.756 e. The zero-order valence-electron chi connectivity index (χ0n) is 22.7. The molecule has 1 aromatic carbocycles. The second-order valence-corrected chi connectivity index (χ2v) is 9.83. The Kier molecular flexibility index (Phi) is 13.0. The maximum atomic E-state index is 12.4. The summed E-state index contributed by atoms with van der Waals surface area (Å²) in [5, 5.41) is 8.70. The molecule has 16 nitrogen and oxygen atoms in total. The molecule has 1 aliphatic heterocycles. The lowest BCUT2D eigenvalue weighted by molar-refractivity contribution is -0.214. The molecule has 5 rings (SSSR count). The minimum atomic E-state index is -4.89. The van der Waals surface area contributed by atoms with E-state index in [9.17, 15) is 4.79 Å². The number of benzene rings is 1. The Bertz CT molecular complexity index is 1490. The number of rotatable bonds is 8. The number of aryl methyl sites for hydroxylation is 1. The molecular formula is C25H33N7O9P-. The molecule has 0 bridgehead atoms. The van der Waals surface area contributed by atoms with Crippen LogP contribution in [0.25, 0.3) is 22.6 Å². The third-order valence-corrected chi connectivity index (χ3v) is 5.79. The number of morpholine rings is 1. The molecule has 1 aliphatic rings. The van der Waals surface area contributed by atoms with Gasteiger partial charge < -0.3 is 35.1 Å². The summed E-state index contributed by atoms with van der Waals surface area (Å²) in [5.41, 5.74) is 3.17. The van der Waals surface area contributed by atoms with Crippen LogP contribution in [0.4, 0.5) is 0 Å². The predicted octanol–water partition coefficient (Wildman–Crippen LogP) is -1.35. The molecule has 0 atom stereocenters. The van der Waals surface area contributed by atoms with Crippen LogP contribution in [-0.4, -0.2) is 94.6 Å². The zero-order valence-corrected chi connectivity index (χ0v) is 23.6. The summed E-state index contributed by atoms with van der Waals surface area (Å²) < 4.78 is 23.1. The fraction of sp³-hybridized carbons (Fsp3) is 0.320. The largest absolute Gasteiger partial charge is 0.756 e. The van der Waals surface area contributed by atoms with Gasteiger partial charge in [0.25, 0.3) is 13.4 Å². The van der Waals surface area contributed by atoms with E-state index in [2.05, 4.69) is 25.1 Å². The fourth-order valence-electron chi connectivity index (χ4n) is 3.91. The SMILES string of the molecule is Cn1cc(-c2ccc(=O)n(Cc3cccc(-c4ncc(OCCN5CCOCC5)cn4)c3)n2)cn1.O.O.O=P([O-])(O)O. The lowest BCUT2D eigenvalue weighted by atomic mass is 10.1. The molecule has 6 N–H and O–H groups in total. The van der Waals surface area contributed by atoms with Crippen molar-refractivity contribution in [3.05, 3.63) is 77.1 Å². The molecule has 1 fully saturated rings. The van der Waals surface area contributed by atoms with Crippen molar-refractivity contribution in [3.8, 4) is 28.4 Å². The van der Waals surface area contributed by atoms with Gasteiger partial charge >= 0.3 is 0 Å². The molecule has 0 amide bonds. The first-order chi connectivity index (χ1) is 19.1. The zero-order chi connectivity index (χ0) is 28.5. The molecule has 0 unspecified atom stereocenters. The normalized spacial score (nSPS) is 13.2. The summed E-state index contributed by atoms with van der Waals surface area (Å²) in [4.78, 5) is 46.6. The molecule has 4 aromatic rings. The highest BCUT2D eigenvalue weighted by Crippen LogP contribution is 2.20. The van der Waals surface area contributed by atoms with Gasteiger partial charge in [0.05, 0.1) is 44.0 Å². The number of nitrogens with zero attached hydrogens (tertiary/aromatic N) is 7. The average molecular weight is 607 g/mol. The first-order valence-electron chi connectivity index (χ1n) is 12.3. The quantitative estimate of drug-likeness (QED) is 0.221. The fourth-order valence-corrected chi connectivity index (χ4v) is 3.91. The van der Waals surface area contributed by atoms with E-state index in [1.807, 2.05) is 37.5 Å². The molecule has 4 heterocycles. The van der Waals surface area contributed by atoms with E-state index in [-0.39, 0.29) is 16.5 Å².